The standard InChI is InChI=1S/C18H24FN5O2S/c1-14-12-17(24-10-4-5-11-24)23-18(22-14)20-8-9-21-27(25,26)13-15-6-2-3-7-16(15)19/h2-3,6-7,12,21H,4-5,8-11,13H2,1H3,(H,20,22,23). The van der Waals surface area contributed by atoms with Crippen LogP contribution in [0, 0.1) is 12.7 Å². The Bertz CT molecular complexity index is 885. The quantitative estimate of drug-likeness (QED) is 0.668. The fourth-order valence-electron chi connectivity index (χ4n) is 2.99. The maximum Gasteiger partial charge on any atom is 0.224 e. The Balaban J connectivity index is 1.51. The number of aryl methyl sites for hydroxylation is 1. The van der Waals surface area contributed by atoms with Gasteiger partial charge in [-0.2, -0.15) is 4.98 Å². The highest BCUT2D eigenvalue weighted by Crippen LogP contribution is 2.19. The van der Waals surface area contributed by atoms with Crippen molar-refractivity contribution in [2.24, 2.45) is 0 Å². The predicted molar refractivity (Wildman–Crippen MR) is 104 cm³/mol. The van der Waals surface area contributed by atoms with Gasteiger partial charge in [0.2, 0.25) is 16.0 Å². The van der Waals surface area contributed by atoms with Crippen molar-refractivity contribution in [1.29, 1.82) is 0 Å². The Labute approximate surface area is 159 Å². The minimum absolute atomic E-state index is 0.148. The molecule has 2 N–H and O–H groups in total. The summed E-state index contributed by atoms with van der Waals surface area (Å²) in [6.07, 6.45) is 2.32. The zero-order chi connectivity index (χ0) is 19.3. The van der Waals surface area contributed by atoms with Crippen molar-refractivity contribution in [2.75, 3.05) is 36.4 Å². The van der Waals surface area contributed by atoms with Gasteiger partial charge in [-0.05, 0) is 25.8 Å². The van der Waals surface area contributed by atoms with Crippen molar-refractivity contribution in [3.05, 3.63) is 47.4 Å². The summed E-state index contributed by atoms with van der Waals surface area (Å²) in [6.45, 7) is 4.38. The lowest BCUT2D eigenvalue weighted by Crippen LogP contribution is -2.30. The molecular formula is C18H24FN5O2S. The van der Waals surface area contributed by atoms with Gasteiger partial charge in [0.15, 0.2) is 0 Å². The van der Waals surface area contributed by atoms with E-state index in [4.69, 9.17) is 0 Å². The number of hydrogen-bond donors (Lipinski definition) is 2. The van der Waals surface area contributed by atoms with Crippen LogP contribution >= 0.6 is 0 Å². The molecule has 0 atom stereocenters. The molecule has 2 aromatic rings. The summed E-state index contributed by atoms with van der Waals surface area (Å²) in [5.41, 5.74) is 1.00. The molecule has 7 nitrogen and oxygen atoms in total. The maximum atomic E-state index is 13.6. The minimum atomic E-state index is -3.62. The molecule has 9 heteroatoms. The van der Waals surface area contributed by atoms with Crippen molar-refractivity contribution in [2.45, 2.75) is 25.5 Å². The third kappa shape index (κ3) is 5.61. The van der Waals surface area contributed by atoms with E-state index in [9.17, 15) is 12.8 Å². The lowest BCUT2D eigenvalue weighted by atomic mass is 10.2. The van der Waals surface area contributed by atoms with E-state index in [1.807, 2.05) is 13.0 Å². The number of sulfonamides is 1. The van der Waals surface area contributed by atoms with Gasteiger partial charge in [0.25, 0.3) is 0 Å². The lowest BCUT2D eigenvalue weighted by molar-refractivity contribution is 0.575. The van der Waals surface area contributed by atoms with E-state index in [0.29, 0.717) is 12.5 Å². The highest BCUT2D eigenvalue weighted by molar-refractivity contribution is 7.88. The molecule has 0 spiro atoms. The average Bonchev–Trinajstić information content (AvgIpc) is 3.15. The van der Waals surface area contributed by atoms with Gasteiger partial charge >= 0.3 is 0 Å². The first-order valence-electron chi connectivity index (χ1n) is 8.98. The zero-order valence-corrected chi connectivity index (χ0v) is 16.1. The summed E-state index contributed by atoms with van der Waals surface area (Å²) < 4.78 is 40.3. The van der Waals surface area contributed by atoms with Gasteiger partial charge in [0, 0.05) is 43.5 Å². The Morgan fingerprint density at radius 3 is 2.63 bits per heavy atom. The van der Waals surface area contributed by atoms with Crippen LogP contribution in [-0.4, -0.2) is 44.6 Å². The van der Waals surface area contributed by atoms with Gasteiger partial charge in [-0.25, -0.2) is 22.5 Å². The molecule has 0 radical (unpaired) electrons. The van der Waals surface area contributed by atoms with Gasteiger partial charge in [0.05, 0.1) is 5.75 Å². The molecule has 2 heterocycles. The molecule has 0 bridgehead atoms. The fourth-order valence-corrected chi connectivity index (χ4v) is 4.15. The Morgan fingerprint density at radius 2 is 1.89 bits per heavy atom. The number of anilines is 2. The van der Waals surface area contributed by atoms with Crippen LogP contribution in [0.3, 0.4) is 0 Å². The van der Waals surface area contributed by atoms with E-state index in [1.165, 1.54) is 18.2 Å². The lowest BCUT2D eigenvalue weighted by Gasteiger charge is -2.17. The van der Waals surface area contributed by atoms with Crippen molar-refractivity contribution >= 4 is 21.8 Å². The van der Waals surface area contributed by atoms with Crippen LogP contribution in [0.15, 0.2) is 30.3 Å². The molecule has 1 aliphatic heterocycles. The molecule has 0 aliphatic carbocycles. The second-order valence-electron chi connectivity index (χ2n) is 6.56. The molecule has 0 amide bonds. The number of nitrogens with one attached hydrogen (secondary N) is 2. The number of nitrogens with zero attached hydrogens (tertiary/aromatic N) is 3. The SMILES string of the molecule is Cc1cc(N2CCCC2)nc(NCCNS(=O)(=O)Cc2ccccc2F)n1. The van der Waals surface area contributed by atoms with Crippen molar-refractivity contribution in [1.82, 2.24) is 14.7 Å². The molecule has 27 heavy (non-hydrogen) atoms. The molecule has 1 aromatic carbocycles. The number of benzene rings is 1. The second kappa shape index (κ2) is 8.62. The van der Waals surface area contributed by atoms with Crippen LogP contribution in [0.2, 0.25) is 0 Å². The summed E-state index contributed by atoms with van der Waals surface area (Å²) in [7, 11) is -3.62. The van der Waals surface area contributed by atoms with Crippen LogP contribution in [0.5, 0.6) is 0 Å². The summed E-state index contributed by atoms with van der Waals surface area (Å²) in [5, 5.41) is 3.05. The summed E-state index contributed by atoms with van der Waals surface area (Å²) in [5.74, 6) is 0.455. The number of hydrogen-bond acceptors (Lipinski definition) is 6. The molecule has 1 aromatic heterocycles. The van der Waals surface area contributed by atoms with E-state index in [-0.39, 0.29) is 17.9 Å². The third-order valence-electron chi connectivity index (χ3n) is 4.30. The minimum Gasteiger partial charge on any atom is -0.356 e. The smallest absolute Gasteiger partial charge is 0.224 e. The highest BCUT2D eigenvalue weighted by Gasteiger charge is 2.16. The van der Waals surface area contributed by atoms with Gasteiger partial charge in [-0.3, -0.25) is 0 Å². The summed E-state index contributed by atoms with van der Waals surface area (Å²) in [6, 6.07) is 7.81. The largest absolute Gasteiger partial charge is 0.356 e. The summed E-state index contributed by atoms with van der Waals surface area (Å²) in [4.78, 5) is 11.1. The molecule has 0 saturated carbocycles. The number of aromatic nitrogens is 2. The first kappa shape index (κ1) is 19.5. The zero-order valence-electron chi connectivity index (χ0n) is 15.3. The molecular weight excluding hydrogens is 369 g/mol. The topological polar surface area (TPSA) is 87.2 Å². The van der Waals surface area contributed by atoms with Gasteiger partial charge in [-0.1, -0.05) is 18.2 Å². The number of halogens is 1. The Morgan fingerprint density at radius 1 is 1.15 bits per heavy atom. The Kier molecular flexibility index (Phi) is 6.22. The van der Waals surface area contributed by atoms with E-state index in [2.05, 4.69) is 24.9 Å². The normalized spacial score (nSPS) is 14.5. The fraction of sp³-hybridized carbons (Fsp3) is 0.444. The van der Waals surface area contributed by atoms with Crippen LogP contribution in [0.1, 0.15) is 24.1 Å². The summed E-state index contributed by atoms with van der Waals surface area (Å²) >= 11 is 0. The van der Waals surface area contributed by atoms with Crippen LogP contribution in [-0.2, 0) is 15.8 Å². The van der Waals surface area contributed by atoms with Crippen molar-refractivity contribution in [3.63, 3.8) is 0 Å². The molecule has 0 unspecified atom stereocenters. The third-order valence-corrected chi connectivity index (χ3v) is 5.64. The number of rotatable bonds is 8. The molecule has 1 fully saturated rings. The molecule has 1 saturated heterocycles. The van der Waals surface area contributed by atoms with E-state index in [0.717, 1.165) is 37.4 Å². The maximum absolute atomic E-state index is 13.6. The molecule has 1 aliphatic rings. The van der Waals surface area contributed by atoms with Crippen molar-refractivity contribution in [3.8, 4) is 0 Å². The van der Waals surface area contributed by atoms with E-state index in [1.54, 1.807) is 6.07 Å². The van der Waals surface area contributed by atoms with Gasteiger partial charge in [0.1, 0.15) is 11.6 Å². The van der Waals surface area contributed by atoms with E-state index >= 15 is 0 Å². The predicted octanol–water partition coefficient (Wildman–Crippen LogP) is 2.06. The van der Waals surface area contributed by atoms with Crippen LogP contribution in [0.4, 0.5) is 16.2 Å². The average molecular weight is 393 g/mol. The van der Waals surface area contributed by atoms with Crippen LogP contribution in [0.25, 0.3) is 0 Å². The van der Waals surface area contributed by atoms with Gasteiger partial charge < -0.3 is 10.2 Å². The first-order valence-corrected chi connectivity index (χ1v) is 10.6. The second-order valence-corrected chi connectivity index (χ2v) is 8.36. The molecule has 3 rings (SSSR count). The van der Waals surface area contributed by atoms with Crippen LogP contribution < -0.4 is 14.9 Å². The van der Waals surface area contributed by atoms with E-state index < -0.39 is 15.8 Å². The highest BCUT2D eigenvalue weighted by atomic mass is 32.2. The first-order chi connectivity index (χ1) is 12.9. The monoisotopic (exact) mass is 393 g/mol. The van der Waals surface area contributed by atoms with Gasteiger partial charge in [-0.15, -0.1) is 0 Å². The van der Waals surface area contributed by atoms with Crippen molar-refractivity contribution < 1.29 is 12.8 Å². The molecule has 146 valence electrons. The Hall–Kier alpha value is -2.26.